The Kier molecular flexibility index (Phi) is 7.52. The molecule has 1 unspecified atom stereocenters. The number of amides is 1. The Bertz CT molecular complexity index is 812. The summed E-state index contributed by atoms with van der Waals surface area (Å²) in [6.07, 6.45) is 0.939. The number of guanidine groups is 1. The number of piperazine rings is 1. The monoisotopic (exact) mass is 413 g/mol. The average Bonchev–Trinajstić information content (AvgIpc) is 3.16. The van der Waals surface area contributed by atoms with Crippen molar-refractivity contribution in [3.8, 4) is 0 Å². The van der Waals surface area contributed by atoms with E-state index in [4.69, 9.17) is 0 Å². The highest BCUT2D eigenvalue weighted by Crippen LogP contribution is 2.17. The molecule has 1 aromatic carbocycles. The van der Waals surface area contributed by atoms with Gasteiger partial charge in [-0.1, -0.05) is 18.2 Å². The predicted octanol–water partition coefficient (Wildman–Crippen LogP) is 2.50. The summed E-state index contributed by atoms with van der Waals surface area (Å²) < 4.78 is 0. The molecule has 0 saturated carbocycles. The van der Waals surface area contributed by atoms with Crippen LogP contribution < -0.4 is 15.5 Å². The van der Waals surface area contributed by atoms with Crippen LogP contribution in [0.2, 0.25) is 0 Å². The van der Waals surface area contributed by atoms with Crippen LogP contribution in [-0.4, -0.2) is 62.6 Å². The summed E-state index contributed by atoms with van der Waals surface area (Å²) >= 11 is 1.82. The van der Waals surface area contributed by atoms with Gasteiger partial charge >= 0.3 is 0 Å². The van der Waals surface area contributed by atoms with E-state index in [1.54, 1.807) is 7.05 Å². The lowest BCUT2D eigenvalue weighted by atomic mass is 10.2. The molecule has 2 heterocycles. The number of hydrogen-bond acceptors (Lipinski definition) is 4. The molecule has 29 heavy (non-hydrogen) atoms. The van der Waals surface area contributed by atoms with Crippen molar-refractivity contribution in [2.24, 2.45) is 4.99 Å². The van der Waals surface area contributed by atoms with E-state index in [-0.39, 0.29) is 18.5 Å². The Morgan fingerprint density at radius 2 is 1.86 bits per heavy atom. The third-order valence-corrected chi connectivity index (χ3v) is 6.09. The summed E-state index contributed by atoms with van der Waals surface area (Å²) in [5.74, 6) is 0.782. The highest BCUT2D eigenvalue weighted by molar-refractivity contribution is 7.11. The first-order chi connectivity index (χ1) is 14.0. The predicted molar refractivity (Wildman–Crippen MR) is 122 cm³/mol. The number of benzene rings is 1. The van der Waals surface area contributed by atoms with Crippen molar-refractivity contribution < 1.29 is 4.79 Å². The van der Waals surface area contributed by atoms with Crippen molar-refractivity contribution in [2.75, 3.05) is 44.7 Å². The topological polar surface area (TPSA) is 60.0 Å². The maximum Gasteiger partial charge on any atom is 0.242 e. The Hall–Kier alpha value is -2.54. The van der Waals surface area contributed by atoms with E-state index in [2.05, 4.69) is 70.8 Å². The zero-order chi connectivity index (χ0) is 20.6. The van der Waals surface area contributed by atoms with Gasteiger partial charge in [0.25, 0.3) is 0 Å². The lowest BCUT2D eigenvalue weighted by molar-refractivity contribution is -0.130. The van der Waals surface area contributed by atoms with E-state index in [0.29, 0.717) is 5.96 Å². The number of aliphatic imine (C=N–C) groups is 1. The molecule has 0 radical (unpaired) electrons. The summed E-state index contributed by atoms with van der Waals surface area (Å²) in [6.45, 7) is 7.73. The minimum Gasteiger partial charge on any atom is -0.368 e. The molecule has 1 aromatic heterocycles. The number of anilines is 1. The van der Waals surface area contributed by atoms with Gasteiger partial charge in [-0.05, 0) is 38.1 Å². The van der Waals surface area contributed by atoms with Gasteiger partial charge < -0.3 is 20.4 Å². The van der Waals surface area contributed by atoms with Crippen molar-refractivity contribution >= 4 is 28.9 Å². The van der Waals surface area contributed by atoms with Gasteiger partial charge in [-0.25, -0.2) is 0 Å². The van der Waals surface area contributed by atoms with Gasteiger partial charge in [-0.15, -0.1) is 11.3 Å². The summed E-state index contributed by atoms with van der Waals surface area (Å²) in [5.41, 5.74) is 1.22. The van der Waals surface area contributed by atoms with E-state index in [1.165, 1.54) is 15.4 Å². The van der Waals surface area contributed by atoms with Gasteiger partial charge in [0.15, 0.2) is 5.96 Å². The molecule has 1 aliphatic heterocycles. The lowest BCUT2D eigenvalue weighted by Crippen LogP contribution is -2.52. The number of aryl methyl sites for hydroxylation is 1. The molecule has 2 aromatic rings. The zero-order valence-electron chi connectivity index (χ0n) is 17.5. The molecule has 1 atom stereocenters. The summed E-state index contributed by atoms with van der Waals surface area (Å²) in [6, 6.07) is 14.9. The van der Waals surface area contributed by atoms with Crippen LogP contribution in [0.25, 0.3) is 0 Å². The first-order valence-electron chi connectivity index (χ1n) is 10.2. The Balaban J connectivity index is 1.41. The Morgan fingerprint density at radius 3 is 2.48 bits per heavy atom. The highest BCUT2D eigenvalue weighted by atomic mass is 32.1. The molecule has 156 valence electrons. The van der Waals surface area contributed by atoms with Crippen LogP contribution in [0.5, 0.6) is 0 Å². The van der Waals surface area contributed by atoms with Gasteiger partial charge in [0.05, 0.1) is 6.54 Å². The minimum atomic E-state index is 0.113. The third kappa shape index (κ3) is 6.22. The van der Waals surface area contributed by atoms with E-state index >= 15 is 0 Å². The van der Waals surface area contributed by atoms with Crippen LogP contribution in [0, 0.1) is 6.92 Å². The fraction of sp³-hybridized carbons (Fsp3) is 0.455. The number of rotatable bonds is 6. The van der Waals surface area contributed by atoms with Gasteiger partial charge in [-0.3, -0.25) is 9.79 Å². The molecule has 1 saturated heterocycles. The van der Waals surface area contributed by atoms with Crippen molar-refractivity contribution in [2.45, 2.75) is 26.3 Å². The molecular weight excluding hydrogens is 382 g/mol. The molecule has 0 aliphatic carbocycles. The number of para-hydroxylation sites is 1. The maximum absolute atomic E-state index is 12.6. The number of carbonyl (C=O) groups is 1. The van der Waals surface area contributed by atoms with Crippen molar-refractivity contribution in [3.63, 3.8) is 0 Å². The number of thiophene rings is 1. The molecule has 0 spiro atoms. The molecule has 1 fully saturated rings. The molecule has 1 amide bonds. The second kappa shape index (κ2) is 10.3. The normalized spacial score (nSPS) is 15.9. The van der Waals surface area contributed by atoms with Gasteiger partial charge in [0, 0.05) is 61.1 Å². The molecule has 6 nitrogen and oxygen atoms in total. The first-order valence-corrected chi connectivity index (χ1v) is 11.0. The van der Waals surface area contributed by atoms with Crippen LogP contribution in [-0.2, 0) is 11.2 Å². The van der Waals surface area contributed by atoms with Crippen molar-refractivity contribution in [1.82, 2.24) is 15.5 Å². The second-order valence-electron chi connectivity index (χ2n) is 7.39. The molecule has 3 rings (SSSR count). The summed E-state index contributed by atoms with van der Waals surface area (Å²) in [7, 11) is 1.74. The number of carbonyl (C=O) groups excluding carboxylic acids is 1. The number of nitrogens with zero attached hydrogens (tertiary/aromatic N) is 3. The molecule has 2 N–H and O–H groups in total. The first kappa shape index (κ1) is 21.2. The smallest absolute Gasteiger partial charge is 0.242 e. The number of nitrogens with one attached hydrogen (secondary N) is 2. The van der Waals surface area contributed by atoms with E-state index < -0.39 is 0 Å². The number of hydrogen-bond donors (Lipinski definition) is 2. The largest absolute Gasteiger partial charge is 0.368 e. The van der Waals surface area contributed by atoms with Crippen LogP contribution in [0.15, 0.2) is 47.5 Å². The zero-order valence-corrected chi connectivity index (χ0v) is 18.3. The van der Waals surface area contributed by atoms with Crippen molar-refractivity contribution in [1.29, 1.82) is 0 Å². The fourth-order valence-electron chi connectivity index (χ4n) is 3.50. The van der Waals surface area contributed by atoms with Crippen LogP contribution in [0.1, 0.15) is 16.7 Å². The molecule has 1 aliphatic rings. The second-order valence-corrected chi connectivity index (χ2v) is 8.76. The summed E-state index contributed by atoms with van der Waals surface area (Å²) in [4.78, 5) is 23.8. The molecular formula is C22H31N5OS. The minimum absolute atomic E-state index is 0.113. The van der Waals surface area contributed by atoms with Gasteiger partial charge in [0.1, 0.15) is 0 Å². The van der Waals surface area contributed by atoms with Crippen LogP contribution >= 0.6 is 11.3 Å². The average molecular weight is 414 g/mol. The summed E-state index contributed by atoms with van der Waals surface area (Å²) in [5, 5.41) is 6.55. The van der Waals surface area contributed by atoms with E-state index in [9.17, 15) is 4.79 Å². The standard InChI is InChI=1S/C22H31N5OS/c1-17(15-20-10-9-18(2)29-20)25-22(23-3)24-16-21(28)27-13-11-26(12-14-27)19-7-5-4-6-8-19/h4-10,17H,11-16H2,1-3H3,(H2,23,24,25). The Labute approximate surface area is 177 Å². The third-order valence-electron chi connectivity index (χ3n) is 5.07. The van der Waals surface area contributed by atoms with Crippen LogP contribution in [0.4, 0.5) is 5.69 Å². The SMILES string of the molecule is CN=C(NCC(=O)N1CCN(c2ccccc2)CC1)NC(C)Cc1ccc(C)s1. The maximum atomic E-state index is 12.6. The van der Waals surface area contributed by atoms with Crippen molar-refractivity contribution in [3.05, 3.63) is 52.2 Å². The quantitative estimate of drug-likeness (QED) is 0.564. The van der Waals surface area contributed by atoms with E-state index in [0.717, 1.165) is 32.6 Å². The lowest BCUT2D eigenvalue weighted by Gasteiger charge is -2.36. The van der Waals surface area contributed by atoms with E-state index in [1.807, 2.05) is 22.3 Å². The van der Waals surface area contributed by atoms with Gasteiger partial charge in [0.2, 0.25) is 5.91 Å². The van der Waals surface area contributed by atoms with Gasteiger partial charge in [-0.2, -0.15) is 0 Å². The Morgan fingerprint density at radius 1 is 1.14 bits per heavy atom. The molecule has 0 bridgehead atoms. The van der Waals surface area contributed by atoms with Crippen LogP contribution in [0.3, 0.4) is 0 Å². The highest BCUT2D eigenvalue weighted by Gasteiger charge is 2.21. The molecule has 7 heteroatoms. The fourth-order valence-corrected chi connectivity index (χ4v) is 4.52.